The molecule has 0 saturated heterocycles. The van der Waals surface area contributed by atoms with Gasteiger partial charge in [0.1, 0.15) is 11.0 Å². The van der Waals surface area contributed by atoms with Crippen LogP contribution in [0, 0.1) is 0 Å². The standard InChI is InChI=1S/C9H4N4O/c14-7-4-11-8-5-1-2-10-9(5)12-3-6(8)13-7/h1-4H. The van der Waals surface area contributed by atoms with E-state index in [9.17, 15) is 4.79 Å². The third-order valence-electron chi connectivity index (χ3n) is 2.02. The second-order valence-electron chi connectivity index (χ2n) is 2.88. The number of pyridine rings is 1. The van der Waals surface area contributed by atoms with Gasteiger partial charge in [0.2, 0.25) is 0 Å². The normalized spacial score (nSPS) is 15.9. The summed E-state index contributed by atoms with van der Waals surface area (Å²) in [7, 11) is 0. The number of nitrogens with zero attached hydrogens (tertiary/aromatic N) is 4. The van der Waals surface area contributed by atoms with Gasteiger partial charge < -0.3 is 0 Å². The van der Waals surface area contributed by atoms with E-state index < -0.39 is 0 Å². The minimum atomic E-state index is -0.349. The maximum atomic E-state index is 10.9. The molecule has 66 valence electrons. The second-order valence-corrected chi connectivity index (χ2v) is 2.88. The Kier molecular flexibility index (Phi) is 1.25. The van der Waals surface area contributed by atoms with Crippen LogP contribution >= 0.6 is 0 Å². The van der Waals surface area contributed by atoms with Crippen LogP contribution in [0.1, 0.15) is 5.56 Å². The first-order chi connectivity index (χ1) is 6.84. The molecule has 0 aromatic carbocycles. The third-order valence-corrected chi connectivity index (χ3v) is 2.02. The van der Waals surface area contributed by atoms with E-state index in [0.717, 1.165) is 5.56 Å². The molecule has 3 rings (SSSR count). The summed E-state index contributed by atoms with van der Waals surface area (Å²) < 4.78 is 0. The maximum Gasteiger partial charge on any atom is 0.288 e. The summed E-state index contributed by atoms with van der Waals surface area (Å²) in [6, 6.07) is 0. The molecule has 14 heavy (non-hydrogen) atoms. The van der Waals surface area contributed by atoms with Crippen LogP contribution in [-0.4, -0.2) is 17.1 Å². The van der Waals surface area contributed by atoms with Crippen molar-refractivity contribution in [3.05, 3.63) is 28.8 Å². The second kappa shape index (κ2) is 2.41. The van der Waals surface area contributed by atoms with E-state index in [1.54, 1.807) is 6.20 Å². The van der Waals surface area contributed by atoms with Crippen molar-refractivity contribution in [3.63, 3.8) is 0 Å². The number of amides is 1. The van der Waals surface area contributed by atoms with Gasteiger partial charge in [0.05, 0.1) is 12.4 Å². The summed E-state index contributed by atoms with van der Waals surface area (Å²) in [6.07, 6.45) is 6.18. The molecule has 0 radical (unpaired) electrons. The Morgan fingerprint density at radius 3 is 3.14 bits per heavy atom. The van der Waals surface area contributed by atoms with E-state index in [-0.39, 0.29) is 5.91 Å². The fourth-order valence-corrected chi connectivity index (χ4v) is 1.42. The third kappa shape index (κ3) is 0.861. The van der Waals surface area contributed by atoms with Gasteiger partial charge in [-0.1, -0.05) is 0 Å². The topological polar surface area (TPSA) is 67.0 Å². The van der Waals surface area contributed by atoms with Crippen LogP contribution in [-0.2, 0) is 4.79 Å². The summed E-state index contributed by atoms with van der Waals surface area (Å²) in [5.41, 5.74) is 2.13. The Morgan fingerprint density at radius 2 is 2.21 bits per heavy atom. The number of fused-ring (bicyclic) bond motifs is 3. The molecule has 0 spiro atoms. The van der Waals surface area contributed by atoms with Gasteiger partial charge in [0, 0.05) is 11.8 Å². The lowest BCUT2D eigenvalue weighted by Crippen LogP contribution is -2.21. The van der Waals surface area contributed by atoms with E-state index >= 15 is 0 Å². The van der Waals surface area contributed by atoms with Gasteiger partial charge in [-0.05, 0) is 6.08 Å². The lowest BCUT2D eigenvalue weighted by Gasteiger charge is -2.01. The van der Waals surface area contributed by atoms with Crippen molar-refractivity contribution >= 4 is 23.9 Å². The molecule has 0 atom stereocenters. The minimum Gasteiger partial charge on any atom is -0.266 e. The predicted octanol–water partition coefficient (Wildman–Crippen LogP) is -0.452. The fourth-order valence-electron chi connectivity index (χ4n) is 1.42. The highest BCUT2D eigenvalue weighted by molar-refractivity contribution is 6.28. The SMILES string of the molecule is O=C1C=Nc2c3c(ncc2=N1)=NC=C3. The lowest BCUT2D eigenvalue weighted by molar-refractivity contribution is -0.111. The minimum absolute atomic E-state index is 0.349. The number of hydrogen-bond donors (Lipinski definition) is 0. The molecule has 0 saturated carbocycles. The van der Waals surface area contributed by atoms with Gasteiger partial charge in [-0.15, -0.1) is 0 Å². The molecule has 0 aliphatic carbocycles. The first kappa shape index (κ1) is 7.25. The van der Waals surface area contributed by atoms with Crippen LogP contribution in [0.5, 0.6) is 0 Å². The predicted molar refractivity (Wildman–Crippen MR) is 48.7 cm³/mol. The molecule has 2 aliphatic heterocycles. The van der Waals surface area contributed by atoms with Gasteiger partial charge in [-0.3, -0.25) is 4.79 Å². The molecular weight excluding hydrogens is 180 g/mol. The zero-order chi connectivity index (χ0) is 9.54. The number of aromatic nitrogens is 1. The van der Waals surface area contributed by atoms with Crippen LogP contribution in [0.25, 0.3) is 6.08 Å². The quantitative estimate of drug-likeness (QED) is 0.548. The van der Waals surface area contributed by atoms with Crippen molar-refractivity contribution in [1.82, 2.24) is 4.98 Å². The Labute approximate surface area is 78.3 Å². The summed E-state index contributed by atoms with van der Waals surface area (Å²) in [6.45, 7) is 0. The zero-order valence-corrected chi connectivity index (χ0v) is 7.01. The van der Waals surface area contributed by atoms with Crippen LogP contribution < -0.4 is 10.8 Å². The number of rotatable bonds is 0. The molecule has 0 unspecified atom stereocenters. The van der Waals surface area contributed by atoms with Crippen molar-refractivity contribution in [2.45, 2.75) is 0 Å². The Bertz CT molecular complexity index is 612. The molecule has 0 N–H and O–H groups in total. The van der Waals surface area contributed by atoms with Crippen LogP contribution in [0.2, 0.25) is 0 Å². The van der Waals surface area contributed by atoms with Crippen molar-refractivity contribution in [2.24, 2.45) is 15.0 Å². The maximum absolute atomic E-state index is 10.9. The molecule has 1 aromatic heterocycles. The monoisotopic (exact) mass is 184 g/mol. The molecular formula is C9H4N4O. The largest absolute Gasteiger partial charge is 0.288 e. The molecule has 5 heteroatoms. The molecule has 1 amide bonds. The van der Waals surface area contributed by atoms with Crippen molar-refractivity contribution < 1.29 is 4.79 Å². The summed E-state index contributed by atoms with van der Waals surface area (Å²) in [5.74, 6) is -0.349. The van der Waals surface area contributed by atoms with Crippen LogP contribution in [0.15, 0.2) is 27.4 Å². The smallest absolute Gasteiger partial charge is 0.266 e. The highest BCUT2D eigenvalue weighted by Gasteiger charge is 2.12. The first-order valence-electron chi connectivity index (χ1n) is 4.05. The van der Waals surface area contributed by atoms with Crippen molar-refractivity contribution in [3.8, 4) is 0 Å². The fraction of sp³-hybridized carbons (Fsp3) is 0. The van der Waals surface area contributed by atoms with Gasteiger partial charge in [-0.25, -0.2) is 20.0 Å². The average molecular weight is 184 g/mol. The van der Waals surface area contributed by atoms with Crippen molar-refractivity contribution in [2.75, 3.05) is 0 Å². The van der Waals surface area contributed by atoms with E-state index in [1.807, 2.05) is 6.08 Å². The Balaban J connectivity index is 2.48. The van der Waals surface area contributed by atoms with Gasteiger partial charge >= 0.3 is 0 Å². The number of carbonyl (C=O) groups excluding carboxylic acids is 1. The van der Waals surface area contributed by atoms with Gasteiger partial charge in [0.15, 0.2) is 5.49 Å². The zero-order valence-electron chi connectivity index (χ0n) is 7.01. The molecule has 3 heterocycles. The number of hydrogen-bond acceptors (Lipinski definition) is 4. The summed E-state index contributed by atoms with van der Waals surface area (Å²) in [5, 5.41) is 0.512. The van der Waals surface area contributed by atoms with Crippen molar-refractivity contribution in [1.29, 1.82) is 0 Å². The van der Waals surface area contributed by atoms with E-state index in [4.69, 9.17) is 0 Å². The van der Waals surface area contributed by atoms with Crippen LogP contribution in [0.3, 0.4) is 0 Å². The summed E-state index contributed by atoms with van der Waals surface area (Å²) in [4.78, 5) is 26.9. The Morgan fingerprint density at radius 1 is 1.29 bits per heavy atom. The summed E-state index contributed by atoms with van der Waals surface area (Å²) >= 11 is 0. The molecule has 0 fully saturated rings. The molecule has 0 bridgehead atoms. The number of aliphatic imine (C=N–C) groups is 1. The number of carbonyl (C=O) groups is 1. The first-order valence-corrected chi connectivity index (χ1v) is 4.05. The average Bonchev–Trinajstić information content (AvgIpc) is 2.65. The molecule has 5 nitrogen and oxygen atoms in total. The van der Waals surface area contributed by atoms with E-state index in [2.05, 4.69) is 20.0 Å². The molecule has 1 aromatic rings. The molecule has 2 aliphatic rings. The van der Waals surface area contributed by atoms with E-state index in [1.165, 1.54) is 12.4 Å². The van der Waals surface area contributed by atoms with Gasteiger partial charge in [0.25, 0.3) is 5.91 Å². The highest BCUT2D eigenvalue weighted by atomic mass is 16.1. The lowest BCUT2D eigenvalue weighted by atomic mass is 10.2. The van der Waals surface area contributed by atoms with Gasteiger partial charge in [-0.2, -0.15) is 0 Å². The van der Waals surface area contributed by atoms with E-state index in [0.29, 0.717) is 16.5 Å². The Hall–Kier alpha value is -2.17. The highest BCUT2D eigenvalue weighted by Crippen LogP contribution is 2.14. The van der Waals surface area contributed by atoms with Crippen LogP contribution in [0.4, 0.5) is 5.69 Å².